The SMILES string of the molecule is NC(=O)[C@@]1(NC(=O)C2CCCCN2C(=O)O)C[C@@H]1c1ccc(Br)cc1. The first-order chi connectivity index (χ1) is 11.8. The van der Waals surface area contributed by atoms with Crippen molar-refractivity contribution < 1.29 is 19.5 Å². The van der Waals surface area contributed by atoms with Crippen molar-refractivity contribution in [3.05, 3.63) is 34.3 Å². The van der Waals surface area contributed by atoms with Gasteiger partial charge in [-0.1, -0.05) is 28.1 Å². The van der Waals surface area contributed by atoms with Gasteiger partial charge in [0.15, 0.2) is 0 Å². The predicted octanol–water partition coefficient (Wildman–Crippen LogP) is 1.81. The molecule has 1 saturated carbocycles. The van der Waals surface area contributed by atoms with Crippen LogP contribution >= 0.6 is 15.9 Å². The number of hydrogen-bond acceptors (Lipinski definition) is 3. The molecule has 1 aliphatic heterocycles. The lowest BCUT2D eigenvalue weighted by atomic mass is 10.0. The van der Waals surface area contributed by atoms with Gasteiger partial charge in [-0.15, -0.1) is 0 Å². The van der Waals surface area contributed by atoms with E-state index >= 15 is 0 Å². The lowest BCUT2D eigenvalue weighted by Gasteiger charge is -2.33. The van der Waals surface area contributed by atoms with Crippen molar-refractivity contribution in [2.45, 2.75) is 43.2 Å². The predicted molar refractivity (Wildman–Crippen MR) is 93.9 cm³/mol. The van der Waals surface area contributed by atoms with Crippen molar-refractivity contribution in [3.8, 4) is 0 Å². The first-order valence-electron chi connectivity index (χ1n) is 8.22. The molecule has 1 unspecified atom stereocenters. The third-order valence-corrected chi connectivity index (χ3v) is 5.60. The highest BCUT2D eigenvalue weighted by atomic mass is 79.9. The Morgan fingerprint density at radius 2 is 1.92 bits per heavy atom. The minimum absolute atomic E-state index is 0.191. The molecule has 3 amide bonds. The molecular formula is C17H20BrN3O4. The molecule has 0 aromatic heterocycles. The van der Waals surface area contributed by atoms with Gasteiger partial charge < -0.3 is 16.2 Å². The number of carboxylic acid groups (broad SMARTS) is 1. The summed E-state index contributed by atoms with van der Waals surface area (Å²) in [5, 5.41) is 12.0. The lowest BCUT2D eigenvalue weighted by molar-refractivity contribution is -0.132. The second kappa shape index (κ2) is 6.67. The summed E-state index contributed by atoms with van der Waals surface area (Å²) in [4.78, 5) is 37.2. The minimum Gasteiger partial charge on any atom is -0.465 e. The summed E-state index contributed by atoms with van der Waals surface area (Å²) < 4.78 is 0.921. The molecule has 1 saturated heterocycles. The first-order valence-corrected chi connectivity index (χ1v) is 9.01. The van der Waals surface area contributed by atoms with Gasteiger partial charge in [-0.25, -0.2) is 4.79 Å². The molecule has 3 rings (SSSR count). The van der Waals surface area contributed by atoms with E-state index in [9.17, 15) is 19.5 Å². The topological polar surface area (TPSA) is 113 Å². The molecule has 1 aromatic rings. The largest absolute Gasteiger partial charge is 0.465 e. The number of halogens is 1. The van der Waals surface area contributed by atoms with Gasteiger partial charge in [-0.05, 0) is 43.4 Å². The van der Waals surface area contributed by atoms with E-state index in [1.807, 2.05) is 24.3 Å². The molecule has 0 spiro atoms. The van der Waals surface area contributed by atoms with Crippen LogP contribution in [0.25, 0.3) is 0 Å². The Kier molecular flexibility index (Phi) is 4.73. The van der Waals surface area contributed by atoms with Crippen LogP contribution in [0.4, 0.5) is 4.79 Å². The van der Waals surface area contributed by atoms with Crippen LogP contribution in [0.15, 0.2) is 28.7 Å². The number of piperidine rings is 1. The highest BCUT2D eigenvalue weighted by Crippen LogP contribution is 2.51. The Balaban J connectivity index is 1.77. The summed E-state index contributed by atoms with van der Waals surface area (Å²) in [6.45, 7) is 0.327. The maximum absolute atomic E-state index is 12.7. The van der Waals surface area contributed by atoms with Crippen LogP contribution in [-0.4, -0.2) is 46.0 Å². The highest BCUT2D eigenvalue weighted by molar-refractivity contribution is 9.10. The van der Waals surface area contributed by atoms with E-state index in [4.69, 9.17) is 5.73 Å². The van der Waals surface area contributed by atoms with Crippen LogP contribution in [-0.2, 0) is 9.59 Å². The molecule has 1 aromatic carbocycles. The maximum atomic E-state index is 12.7. The third-order valence-electron chi connectivity index (χ3n) is 5.07. The van der Waals surface area contributed by atoms with E-state index in [1.165, 1.54) is 0 Å². The molecule has 0 radical (unpaired) electrons. The summed E-state index contributed by atoms with van der Waals surface area (Å²) in [7, 11) is 0. The molecular weight excluding hydrogens is 390 g/mol. The van der Waals surface area contributed by atoms with Gasteiger partial charge in [0, 0.05) is 16.9 Å². The highest BCUT2D eigenvalue weighted by Gasteiger charge is 2.61. The second-order valence-corrected chi connectivity index (χ2v) is 7.54. The number of hydrogen-bond donors (Lipinski definition) is 3. The second-order valence-electron chi connectivity index (χ2n) is 6.62. The molecule has 8 heteroatoms. The van der Waals surface area contributed by atoms with Crippen molar-refractivity contribution in [2.75, 3.05) is 6.54 Å². The zero-order chi connectivity index (χ0) is 18.2. The van der Waals surface area contributed by atoms with Crippen molar-refractivity contribution >= 4 is 33.8 Å². The Labute approximate surface area is 153 Å². The zero-order valence-corrected chi connectivity index (χ0v) is 15.2. The Morgan fingerprint density at radius 3 is 2.52 bits per heavy atom. The fourth-order valence-corrected chi connectivity index (χ4v) is 3.83. The smallest absolute Gasteiger partial charge is 0.407 e. The Bertz CT molecular complexity index is 708. The van der Waals surface area contributed by atoms with E-state index < -0.39 is 29.5 Å². The summed E-state index contributed by atoms with van der Waals surface area (Å²) in [6, 6.07) is 6.74. The third kappa shape index (κ3) is 3.35. The van der Waals surface area contributed by atoms with Crippen molar-refractivity contribution in [2.24, 2.45) is 5.73 Å². The van der Waals surface area contributed by atoms with Gasteiger partial charge in [0.25, 0.3) is 0 Å². The number of nitrogens with two attached hydrogens (primary N) is 1. The van der Waals surface area contributed by atoms with Gasteiger partial charge in [-0.2, -0.15) is 0 Å². The zero-order valence-electron chi connectivity index (χ0n) is 13.6. The molecule has 2 fully saturated rings. The van der Waals surface area contributed by atoms with E-state index in [0.717, 1.165) is 27.8 Å². The monoisotopic (exact) mass is 409 g/mol. The first kappa shape index (κ1) is 17.7. The van der Waals surface area contributed by atoms with Crippen molar-refractivity contribution in [1.82, 2.24) is 10.2 Å². The van der Waals surface area contributed by atoms with Crippen LogP contribution in [0.1, 0.15) is 37.2 Å². The van der Waals surface area contributed by atoms with Crippen molar-refractivity contribution in [1.29, 1.82) is 0 Å². The number of nitrogens with one attached hydrogen (secondary N) is 1. The van der Waals surface area contributed by atoms with Crippen LogP contribution < -0.4 is 11.1 Å². The fourth-order valence-electron chi connectivity index (χ4n) is 3.57. The maximum Gasteiger partial charge on any atom is 0.407 e. The number of amides is 3. The van der Waals surface area contributed by atoms with E-state index in [-0.39, 0.29) is 5.92 Å². The minimum atomic E-state index is -1.13. The van der Waals surface area contributed by atoms with Crippen LogP contribution in [0.3, 0.4) is 0 Å². The van der Waals surface area contributed by atoms with Crippen molar-refractivity contribution in [3.63, 3.8) is 0 Å². The number of carbonyl (C=O) groups excluding carboxylic acids is 2. The Hall–Kier alpha value is -2.09. The van der Waals surface area contributed by atoms with E-state index in [2.05, 4.69) is 21.2 Å². The van der Waals surface area contributed by atoms with Crippen LogP contribution in [0, 0.1) is 0 Å². The lowest BCUT2D eigenvalue weighted by Crippen LogP contribution is -2.57. The standard InChI is InChI=1S/C17H20BrN3O4/c18-11-6-4-10(5-7-11)12-9-17(12,15(19)23)20-14(22)13-3-1-2-8-21(13)16(24)25/h4-7,12-13H,1-3,8-9H2,(H2,19,23)(H,20,22)(H,24,25)/t12-,13?,17-/m1/s1. The summed E-state index contributed by atoms with van der Waals surface area (Å²) in [5.41, 5.74) is 5.36. The quantitative estimate of drug-likeness (QED) is 0.703. The van der Waals surface area contributed by atoms with Gasteiger partial charge in [0.1, 0.15) is 11.6 Å². The molecule has 1 heterocycles. The van der Waals surface area contributed by atoms with Crippen LogP contribution in [0.2, 0.25) is 0 Å². The number of benzene rings is 1. The average Bonchev–Trinajstić information content (AvgIpc) is 3.31. The molecule has 7 nitrogen and oxygen atoms in total. The van der Waals surface area contributed by atoms with Gasteiger partial charge in [0.05, 0.1) is 0 Å². The fraction of sp³-hybridized carbons (Fsp3) is 0.471. The van der Waals surface area contributed by atoms with E-state index in [1.54, 1.807) is 0 Å². The number of nitrogens with zero attached hydrogens (tertiary/aromatic N) is 1. The Morgan fingerprint density at radius 1 is 1.24 bits per heavy atom. The number of primary amides is 1. The molecule has 3 atom stereocenters. The van der Waals surface area contributed by atoms with Gasteiger partial charge in [0.2, 0.25) is 11.8 Å². The number of likely N-dealkylation sites (tertiary alicyclic amines) is 1. The summed E-state index contributed by atoms with van der Waals surface area (Å²) in [6.07, 6.45) is 1.28. The molecule has 2 aliphatic rings. The van der Waals surface area contributed by atoms with Crippen LogP contribution in [0.5, 0.6) is 0 Å². The molecule has 1 aliphatic carbocycles. The number of rotatable bonds is 4. The van der Waals surface area contributed by atoms with E-state index in [0.29, 0.717) is 19.4 Å². The number of carbonyl (C=O) groups is 3. The molecule has 0 bridgehead atoms. The molecule has 25 heavy (non-hydrogen) atoms. The van der Waals surface area contributed by atoms with Gasteiger partial charge in [-0.3, -0.25) is 14.5 Å². The summed E-state index contributed by atoms with van der Waals surface area (Å²) in [5.74, 6) is -1.23. The summed E-state index contributed by atoms with van der Waals surface area (Å²) >= 11 is 3.36. The normalized spacial score (nSPS) is 28.3. The average molecular weight is 410 g/mol. The molecule has 134 valence electrons. The van der Waals surface area contributed by atoms with Gasteiger partial charge >= 0.3 is 6.09 Å². The molecule has 4 N–H and O–H groups in total.